The molecule has 0 heterocycles. The van der Waals surface area contributed by atoms with Gasteiger partial charge < -0.3 is 15.8 Å². The van der Waals surface area contributed by atoms with Gasteiger partial charge in [0.15, 0.2) is 0 Å². The van der Waals surface area contributed by atoms with Crippen molar-refractivity contribution in [2.75, 3.05) is 6.61 Å². The third-order valence-corrected chi connectivity index (χ3v) is 4.74. The highest BCUT2D eigenvalue weighted by Crippen LogP contribution is 2.27. The van der Waals surface area contributed by atoms with Crippen LogP contribution in [0.5, 0.6) is 0 Å². The zero-order valence-corrected chi connectivity index (χ0v) is 17.6. The van der Waals surface area contributed by atoms with E-state index < -0.39 is 39.6 Å². The topological polar surface area (TPSA) is 185 Å². The predicted octanol–water partition coefficient (Wildman–Crippen LogP) is 1.75. The number of hydrogen-bond acceptors (Lipinski definition) is 8. The van der Waals surface area contributed by atoms with E-state index in [-0.39, 0.29) is 30.8 Å². The van der Waals surface area contributed by atoms with Crippen molar-refractivity contribution in [1.29, 1.82) is 0 Å². The molecule has 12 nitrogen and oxygen atoms in total. The van der Waals surface area contributed by atoms with Crippen LogP contribution in [-0.2, 0) is 25.5 Å². The molecule has 2 rings (SSSR count). The van der Waals surface area contributed by atoms with E-state index in [1.165, 1.54) is 48.5 Å². The lowest BCUT2D eigenvalue weighted by atomic mass is 9.87. The van der Waals surface area contributed by atoms with Crippen LogP contribution in [0.15, 0.2) is 48.5 Å². The van der Waals surface area contributed by atoms with E-state index in [0.29, 0.717) is 11.1 Å². The molecule has 0 aliphatic heterocycles. The Kier molecular flexibility index (Phi) is 8.55. The van der Waals surface area contributed by atoms with Crippen LogP contribution in [0.25, 0.3) is 0 Å². The van der Waals surface area contributed by atoms with E-state index in [1.807, 2.05) is 0 Å². The molecule has 0 aromatic heterocycles. The average molecular weight is 458 g/mol. The lowest BCUT2D eigenvalue weighted by Gasteiger charge is -2.25. The molecule has 0 aliphatic carbocycles. The molecule has 2 amide bonds. The lowest BCUT2D eigenvalue weighted by molar-refractivity contribution is -0.385. The van der Waals surface area contributed by atoms with E-state index in [1.54, 1.807) is 6.92 Å². The standard InChI is InChI=1S/C21H22N4O8/c1-2-33-19(27)12-17(14-6-8-15(9-7-14)24(29)30)20(21(22)28)23-18(26)11-13-4-3-5-16(10-13)25(31)32/h3-10,17,20H,2,11-12H2,1H3,(H2,22,28)(H,23,26)/t17-,20+/m0/s1. The number of nitrogens with zero attached hydrogens (tertiary/aromatic N) is 2. The number of benzene rings is 2. The monoisotopic (exact) mass is 458 g/mol. The molecule has 2 aromatic carbocycles. The van der Waals surface area contributed by atoms with E-state index >= 15 is 0 Å². The summed E-state index contributed by atoms with van der Waals surface area (Å²) in [7, 11) is 0. The zero-order chi connectivity index (χ0) is 24.5. The Morgan fingerprint density at radius 2 is 1.67 bits per heavy atom. The Morgan fingerprint density at radius 1 is 1.03 bits per heavy atom. The summed E-state index contributed by atoms with van der Waals surface area (Å²) in [6.45, 7) is 1.69. The van der Waals surface area contributed by atoms with Crippen molar-refractivity contribution in [3.8, 4) is 0 Å². The van der Waals surface area contributed by atoms with Crippen LogP contribution in [0.4, 0.5) is 11.4 Å². The molecule has 0 saturated carbocycles. The van der Waals surface area contributed by atoms with E-state index in [4.69, 9.17) is 10.5 Å². The van der Waals surface area contributed by atoms with Gasteiger partial charge in [0.1, 0.15) is 6.04 Å². The van der Waals surface area contributed by atoms with Crippen molar-refractivity contribution in [1.82, 2.24) is 5.32 Å². The molecule has 174 valence electrons. The molecule has 0 radical (unpaired) electrons. The molecular formula is C21H22N4O8. The Bertz CT molecular complexity index is 1050. The van der Waals surface area contributed by atoms with Crippen molar-refractivity contribution >= 4 is 29.2 Å². The SMILES string of the molecule is CCOC(=O)C[C@@H](c1ccc([N+](=O)[O-])cc1)[C@@H](NC(=O)Cc1cccc([N+](=O)[O-])c1)C(N)=O. The fourth-order valence-electron chi connectivity index (χ4n) is 3.23. The van der Waals surface area contributed by atoms with Crippen LogP contribution in [-0.4, -0.2) is 40.3 Å². The van der Waals surface area contributed by atoms with Crippen LogP contribution in [0.2, 0.25) is 0 Å². The molecule has 2 aromatic rings. The number of primary amides is 1. The third kappa shape index (κ3) is 7.09. The van der Waals surface area contributed by atoms with Gasteiger partial charge in [-0.1, -0.05) is 24.3 Å². The van der Waals surface area contributed by atoms with Crippen molar-refractivity contribution in [2.24, 2.45) is 5.73 Å². The minimum absolute atomic E-state index is 0.0895. The first-order valence-electron chi connectivity index (χ1n) is 9.84. The van der Waals surface area contributed by atoms with Crippen molar-refractivity contribution in [2.45, 2.75) is 31.7 Å². The summed E-state index contributed by atoms with van der Waals surface area (Å²) in [5, 5.41) is 24.3. The van der Waals surface area contributed by atoms with Gasteiger partial charge in [-0.05, 0) is 18.1 Å². The molecule has 12 heteroatoms. The molecule has 0 spiro atoms. The van der Waals surface area contributed by atoms with Gasteiger partial charge in [0.2, 0.25) is 11.8 Å². The summed E-state index contributed by atoms with van der Waals surface area (Å²) in [4.78, 5) is 57.6. The number of non-ortho nitro benzene ring substituents is 2. The van der Waals surface area contributed by atoms with Gasteiger partial charge in [0.25, 0.3) is 11.4 Å². The van der Waals surface area contributed by atoms with Crippen LogP contribution < -0.4 is 11.1 Å². The van der Waals surface area contributed by atoms with Crippen molar-refractivity contribution in [3.05, 3.63) is 79.9 Å². The minimum atomic E-state index is -1.35. The number of hydrogen-bond donors (Lipinski definition) is 2. The first-order valence-corrected chi connectivity index (χ1v) is 9.84. The van der Waals surface area contributed by atoms with Gasteiger partial charge in [-0.25, -0.2) is 0 Å². The van der Waals surface area contributed by atoms with Gasteiger partial charge in [0, 0.05) is 30.2 Å². The highest BCUT2D eigenvalue weighted by atomic mass is 16.6. The van der Waals surface area contributed by atoms with Crippen LogP contribution in [0, 0.1) is 20.2 Å². The molecule has 3 N–H and O–H groups in total. The number of amides is 2. The molecule has 0 aliphatic rings. The maximum atomic E-state index is 12.6. The van der Waals surface area contributed by atoms with Crippen LogP contribution in [0.1, 0.15) is 30.4 Å². The van der Waals surface area contributed by atoms with E-state index in [0.717, 1.165) is 0 Å². The quantitative estimate of drug-likeness (QED) is 0.290. The molecule has 0 unspecified atom stereocenters. The fourth-order valence-corrected chi connectivity index (χ4v) is 3.23. The third-order valence-electron chi connectivity index (χ3n) is 4.74. The summed E-state index contributed by atoms with van der Waals surface area (Å²) in [5.41, 5.74) is 5.80. The normalized spacial score (nSPS) is 12.3. The number of carbonyl (C=O) groups is 3. The summed E-state index contributed by atoms with van der Waals surface area (Å²) < 4.78 is 4.95. The van der Waals surface area contributed by atoms with Crippen LogP contribution >= 0.6 is 0 Å². The zero-order valence-electron chi connectivity index (χ0n) is 17.6. The van der Waals surface area contributed by atoms with E-state index in [9.17, 15) is 34.6 Å². The van der Waals surface area contributed by atoms with Gasteiger partial charge in [-0.2, -0.15) is 0 Å². The smallest absolute Gasteiger partial charge is 0.306 e. The summed E-state index contributed by atoms with van der Waals surface area (Å²) in [5.74, 6) is -3.21. The Morgan fingerprint density at radius 3 is 2.21 bits per heavy atom. The Balaban J connectivity index is 2.30. The molecular weight excluding hydrogens is 436 g/mol. The molecule has 0 bridgehead atoms. The number of ether oxygens (including phenoxy) is 1. The summed E-state index contributed by atoms with van der Waals surface area (Å²) >= 11 is 0. The number of carbonyl (C=O) groups excluding carboxylic acids is 3. The van der Waals surface area contributed by atoms with Gasteiger partial charge in [-0.15, -0.1) is 0 Å². The second kappa shape index (κ2) is 11.3. The lowest BCUT2D eigenvalue weighted by Crippen LogP contribution is -2.49. The first kappa shape index (κ1) is 24.9. The number of nitrogens with one attached hydrogen (secondary N) is 1. The predicted molar refractivity (Wildman–Crippen MR) is 115 cm³/mol. The van der Waals surface area contributed by atoms with Gasteiger partial charge >= 0.3 is 5.97 Å². The average Bonchev–Trinajstić information content (AvgIpc) is 2.76. The van der Waals surface area contributed by atoms with Crippen LogP contribution in [0.3, 0.4) is 0 Å². The van der Waals surface area contributed by atoms with Crippen molar-refractivity contribution in [3.63, 3.8) is 0 Å². The molecule has 0 fully saturated rings. The van der Waals surface area contributed by atoms with Gasteiger partial charge in [-0.3, -0.25) is 34.6 Å². The number of esters is 1. The highest BCUT2D eigenvalue weighted by Gasteiger charge is 2.32. The second-order valence-corrected chi connectivity index (χ2v) is 7.02. The summed E-state index contributed by atoms with van der Waals surface area (Å²) in [6, 6.07) is 9.23. The largest absolute Gasteiger partial charge is 0.466 e. The molecule has 0 saturated heterocycles. The minimum Gasteiger partial charge on any atom is -0.466 e. The number of nitrogens with two attached hydrogens (primary N) is 1. The number of rotatable bonds is 11. The fraction of sp³-hybridized carbons (Fsp3) is 0.286. The van der Waals surface area contributed by atoms with Gasteiger partial charge in [0.05, 0.1) is 29.3 Å². The maximum absolute atomic E-state index is 12.6. The van der Waals surface area contributed by atoms with Crippen molar-refractivity contribution < 1.29 is 29.0 Å². The van der Waals surface area contributed by atoms with E-state index in [2.05, 4.69) is 5.32 Å². The molecule has 2 atom stereocenters. The highest BCUT2D eigenvalue weighted by molar-refractivity contribution is 5.89. The Hall–Kier alpha value is -4.35. The first-order chi connectivity index (χ1) is 15.6. The maximum Gasteiger partial charge on any atom is 0.306 e. The number of nitro groups is 2. The number of nitro benzene ring substituents is 2. The molecule has 33 heavy (non-hydrogen) atoms. The Labute approximate surface area is 188 Å². The summed E-state index contributed by atoms with van der Waals surface area (Å²) in [6.07, 6.45) is -0.603. The second-order valence-electron chi connectivity index (χ2n) is 7.02.